The molecule has 122 valence electrons. The second-order valence-corrected chi connectivity index (χ2v) is 6.71. The molecular formula is C18H22N2O2S. The minimum atomic E-state index is 0.00821. The van der Waals surface area contributed by atoms with Gasteiger partial charge in [0.1, 0.15) is 5.69 Å². The number of rotatable bonds is 6. The summed E-state index contributed by atoms with van der Waals surface area (Å²) >= 11 is 1.45. The minimum absolute atomic E-state index is 0.00821. The highest BCUT2D eigenvalue weighted by Crippen LogP contribution is 2.16. The lowest BCUT2D eigenvalue weighted by Crippen LogP contribution is -2.39. The Morgan fingerprint density at radius 1 is 1.39 bits per heavy atom. The van der Waals surface area contributed by atoms with Gasteiger partial charge in [0, 0.05) is 25.1 Å². The van der Waals surface area contributed by atoms with Gasteiger partial charge in [-0.3, -0.25) is 4.79 Å². The van der Waals surface area contributed by atoms with Gasteiger partial charge >= 0.3 is 0 Å². The molecule has 0 N–H and O–H groups in total. The van der Waals surface area contributed by atoms with Crippen molar-refractivity contribution in [3.63, 3.8) is 0 Å². The summed E-state index contributed by atoms with van der Waals surface area (Å²) in [6, 6.07) is 8.49. The van der Waals surface area contributed by atoms with Crippen LogP contribution < -0.4 is 0 Å². The molecule has 1 aromatic heterocycles. The van der Waals surface area contributed by atoms with Gasteiger partial charge in [-0.05, 0) is 31.7 Å². The number of carbonyl (C=O) groups excluding carboxylic acids is 1. The molecule has 1 unspecified atom stereocenters. The van der Waals surface area contributed by atoms with E-state index in [2.05, 4.69) is 36.2 Å². The normalized spacial score (nSPS) is 17.3. The molecule has 1 aliphatic heterocycles. The van der Waals surface area contributed by atoms with Gasteiger partial charge in [-0.2, -0.15) is 0 Å². The molecule has 2 aromatic rings. The van der Waals surface area contributed by atoms with Crippen molar-refractivity contribution in [1.29, 1.82) is 0 Å². The van der Waals surface area contributed by atoms with Crippen LogP contribution in [0.1, 0.15) is 34.5 Å². The number of ether oxygens (including phenoxy) is 1. The van der Waals surface area contributed by atoms with Crippen LogP contribution in [0.5, 0.6) is 0 Å². The van der Waals surface area contributed by atoms with Crippen LogP contribution in [0.3, 0.4) is 0 Å². The molecule has 0 saturated carbocycles. The highest BCUT2D eigenvalue weighted by atomic mass is 32.1. The standard InChI is InChI=1S/C18H22N2O2S/c1-14-4-6-15(7-5-14)8-9-20(11-16-3-2-10-22-16)18(21)17-12-23-13-19-17/h4-7,12-13,16H,2-3,8-11H2,1H3. The Labute approximate surface area is 141 Å². The second-order valence-electron chi connectivity index (χ2n) is 6.00. The highest BCUT2D eigenvalue weighted by Gasteiger charge is 2.24. The number of aryl methyl sites for hydroxylation is 1. The number of hydrogen-bond acceptors (Lipinski definition) is 4. The maximum atomic E-state index is 12.7. The number of amides is 1. The average molecular weight is 330 g/mol. The van der Waals surface area contributed by atoms with E-state index >= 15 is 0 Å². The Morgan fingerprint density at radius 3 is 2.87 bits per heavy atom. The lowest BCUT2D eigenvalue weighted by Gasteiger charge is -2.25. The van der Waals surface area contributed by atoms with Crippen molar-refractivity contribution in [1.82, 2.24) is 9.88 Å². The van der Waals surface area contributed by atoms with E-state index in [1.54, 1.807) is 5.51 Å². The predicted octanol–water partition coefficient (Wildman–Crippen LogP) is 3.32. The third-order valence-electron chi connectivity index (χ3n) is 4.18. The molecule has 1 saturated heterocycles. The second kappa shape index (κ2) is 7.70. The molecular weight excluding hydrogens is 308 g/mol. The first kappa shape index (κ1) is 16.1. The van der Waals surface area contributed by atoms with Crippen LogP contribution >= 0.6 is 11.3 Å². The van der Waals surface area contributed by atoms with Crippen LogP contribution in [0.4, 0.5) is 0 Å². The molecule has 5 heteroatoms. The summed E-state index contributed by atoms with van der Waals surface area (Å²) in [5.41, 5.74) is 4.75. The number of carbonyl (C=O) groups is 1. The molecule has 0 spiro atoms. The topological polar surface area (TPSA) is 42.4 Å². The van der Waals surface area contributed by atoms with Gasteiger partial charge in [-0.1, -0.05) is 29.8 Å². The SMILES string of the molecule is Cc1ccc(CCN(CC2CCCO2)C(=O)c2cscn2)cc1. The van der Waals surface area contributed by atoms with E-state index in [-0.39, 0.29) is 12.0 Å². The molecule has 1 aliphatic rings. The first-order valence-electron chi connectivity index (χ1n) is 8.07. The van der Waals surface area contributed by atoms with Crippen molar-refractivity contribution >= 4 is 17.2 Å². The van der Waals surface area contributed by atoms with Crippen LogP contribution in [0.25, 0.3) is 0 Å². The third-order valence-corrected chi connectivity index (χ3v) is 4.76. The zero-order chi connectivity index (χ0) is 16.1. The summed E-state index contributed by atoms with van der Waals surface area (Å²) in [4.78, 5) is 18.7. The predicted molar refractivity (Wildman–Crippen MR) is 91.9 cm³/mol. The van der Waals surface area contributed by atoms with Crippen molar-refractivity contribution in [2.45, 2.75) is 32.3 Å². The van der Waals surface area contributed by atoms with Crippen LogP contribution in [0.2, 0.25) is 0 Å². The van der Waals surface area contributed by atoms with Gasteiger partial charge in [0.15, 0.2) is 0 Å². The van der Waals surface area contributed by atoms with E-state index in [0.717, 1.165) is 25.9 Å². The quantitative estimate of drug-likeness (QED) is 0.816. The summed E-state index contributed by atoms with van der Waals surface area (Å²) in [5, 5.41) is 1.82. The Hall–Kier alpha value is -1.72. The zero-order valence-corrected chi connectivity index (χ0v) is 14.2. The minimum Gasteiger partial charge on any atom is -0.376 e. The van der Waals surface area contributed by atoms with Crippen molar-refractivity contribution in [3.8, 4) is 0 Å². The molecule has 0 aliphatic carbocycles. The summed E-state index contributed by atoms with van der Waals surface area (Å²) in [7, 11) is 0. The fourth-order valence-corrected chi connectivity index (χ4v) is 3.33. The number of nitrogens with zero attached hydrogens (tertiary/aromatic N) is 2. The molecule has 23 heavy (non-hydrogen) atoms. The molecule has 4 nitrogen and oxygen atoms in total. The molecule has 3 rings (SSSR count). The van der Waals surface area contributed by atoms with Crippen LogP contribution in [-0.4, -0.2) is 41.6 Å². The molecule has 2 heterocycles. The lowest BCUT2D eigenvalue weighted by molar-refractivity contribution is 0.0525. The maximum absolute atomic E-state index is 12.7. The Balaban J connectivity index is 1.66. The molecule has 1 aromatic carbocycles. The summed E-state index contributed by atoms with van der Waals surface area (Å²) in [6.07, 6.45) is 3.13. The third kappa shape index (κ3) is 4.39. The van der Waals surface area contributed by atoms with E-state index < -0.39 is 0 Å². The van der Waals surface area contributed by atoms with E-state index in [9.17, 15) is 4.79 Å². The first-order valence-corrected chi connectivity index (χ1v) is 9.01. The zero-order valence-electron chi connectivity index (χ0n) is 13.4. The largest absolute Gasteiger partial charge is 0.376 e. The van der Waals surface area contributed by atoms with E-state index in [0.29, 0.717) is 18.8 Å². The molecule has 1 amide bonds. The molecule has 0 radical (unpaired) electrons. The van der Waals surface area contributed by atoms with Crippen molar-refractivity contribution in [2.24, 2.45) is 0 Å². The number of thiazole rings is 1. The average Bonchev–Trinajstić information content (AvgIpc) is 3.26. The maximum Gasteiger partial charge on any atom is 0.273 e. The van der Waals surface area contributed by atoms with Crippen molar-refractivity contribution in [3.05, 3.63) is 52.0 Å². The fourth-order valence-electron chi connectivity index (χ4n) is 2.81. The first-order chi connectivity index (χ1) is 11.2. The Kier molecular flexibility index (Phi) is 5.41. The van der Waals surface area contributed by atoms with Gasteiger partial charge < -0.3 is 9.64 Å². The van der Waals surface area contributed by atoms with E-state index in [4.69, 9.17) is 4.74 Å². The van der Waals surface area contributed by atoms with Crippen LogP contribution in [-0.2, 0) is 11.2 Å². The number of aromatic nitrogens is 1. The van der Waals surface area contributed by atoms with Crippen LogP contribution in [0, 0.1) is 6.92 Å². The number of benzene rings is 1. The van der Waals surface area contributed by atoms with Gasteiger partial charge in [0.2, 0.25) is 0 Å². The van der Waals surface area contributed by atoms with E-state index in [1.165, 1.54) is 22.5 Å². The molecule has 1 atom stereocenters. The Morgan fingerprint density at radius 2 is 2.22 bits per heavy atom. The summed E-state index contributed by atoms with van der Waals surface area (Å²) in [6.45, 7) is 4.24. The smallest absolute Gasteiger partial charge is 0.273 e. The van der Waals surface area contributed by atoms with Crippen molar-refractivity contribution in [2.75, 3.05) is 19.7 Å². The Bertz CT molecular complexity index is 619. The summed E-state index contributed by atoms with van der Waals surface area (Å²) < 4.78 is 5.71. The van der Waals surface area contributed by atoms with Crippen LogP contribution in [0.15, 0.2) is 35.2 Å². The lowest BCUT2D eigenvalue weighted by atomic mass is 10.1. The monoisotopic (exact) mass is 330 g/mol. The fraction of sp³-hybridized carbons (Fsp3) is 0.444. The van der Waals surface area contributed by atoms with E-state index in [1.807, 2.05) is 10.3 Å². The highest BCUT2D eigenvalue weighted by molar-refractivity contribution is 7.07. The van der Waals surface area contributed by atoms with Gasteiger partial charge in [0.05, 0.1) is 11.6 Å². The summed E-state index contributed by atoms with van der Waals surface area (Å²) in [5.74, 6) is 0.00821. The molecule has 0 bridgehead atoms. The van der Waals surface area contributed by atoms with Gasteiger partial charge in [-0.15, -0.1) is 11.3 Å². The van der Waals surface area contributed by atoms with Crippen molar-refractivity contribution < 1.29 is 9.53 Å². The van der Waals surface area contributed by atoms with Gasteiger partial charge in [0.25, 0.3) is 5.91 Å². The number of hydrogen-bond donors (Lipinski definition) is 0. The molecule has 1 fully saturated rings. The van der Waals surface area contributed by atoms with Gasteiger partial charge in [-0.25, -0.2) is 4.98 Å².